The third kappa shape index (κ3) is 5.00. The Labute approximate surface area is 188 Å². The summed E-state index contributed by atoms with van der Waals surface area (Å²) in [5, 5.41) is 21.7. The van der Waals surface area contributed by atoms with Crippen LogP contribution in [0.3, 0.4) is 0 Å². The molecule has 0 unspecified atom stereocenters. The van der Waals surface area contributed by atoms with Crippen LogP contribution < -0.4 is 10.6 Å². The molecule has 32 heavy (non-hydrogen) atoms. The van der Waals surface area contributed by atoms with E-state index in [1.54, 1.807) is 30.2 Å². The van der Waals surface area contributed by atoms with E-state index in [1.807, 2.05) is 30.3 Å². The van der Waals surface area contributed by atoms with Gasteiger partial charge in [0, 0.05) is 36.5 Å². The minimum atomic E-state index is -0.476. The summed E-state index contributed by atoms with van der Waals surface area (Å²) in [6, 6.07) is 13.8. The SMILES string of the molecule is Cn1cc(Nc2ncc(Cl)c(Nc3cc([N+](=O)[O-])ccc3C#Cc3ccccc3)n2)cn1. The topological polar surface area (TPSA) is 111 Å². The summed E-state index contributed by atoms with van der Waals surface area (Å²) in [6.45, 7) is 0. The summed E-state index contributed by atoms with van der Waals surface area (Å²) in [5.41, 5.74) is 2.38. The summed E-state index contributed by atoms with van der Waals surface area (Å²) in [7, 11) is 1.79. The average molecular weight is 446 g/mol. The summed E-state index contributed by atoms with van der Waals surface area (Å²) in [5.74, 6) is 6.65. The van der Waals surface area contributed by atoms with Gasteiger partial charge in [0.25, 0.3) is 5.69 Å². The molecule has 0 bridgehead atoms. The zero-order chi connectivity index (χ0) is 22.5. The van der Waals surface area contributed by atoms with E-state index in [4.69, 9.17) is 11.6 Å². The van der Waals surface area contributed by atoms with E-state index in [-0.39, 0.29) is 22.5 Å². The molecule has 158 valence electrons. The molecular formula is C22H16ClN7O2. The number of benzene rings is 2. The van der Waals surface area contributed by atoms with Crippen molar-refractivity contribution in [2.24, 2.45) is 7.05 Å². The average Bonchev–Trinajstić information content (AvgIpc) is 3.20. The van der Waals surface area contributed by atoms with Crippen molar-refractivity contribution in [3.05, 3.63) is 93.4 Å². The van der Waals surface area contributed by atoms with Crippen molar-refractivity contribution in [3.63, 3.8) is 0 Å². The van der Waals surface area contributed by atoms with Crippen LogP contribution in [0.4, 0.5) is 28.8 Å². The lowest BCUT2D eigenvalue weighted by molar-refractivity contribution is -0.384. The maximum Gasteiger partial charge on any atom is 0.271 e. The van der Waals surface area contributed by atoms with Gasteiger partial charge in [-0.05, 0) is 18.2 Å². The van der Waals surface area contributed by atoms with Crippen molar-refractivity contribution in [2.45, 2.75) is 0 Å². The van der Waals surface area contributed by atoms with E-state index in [2.05, 4.69) is 37.5 Å². The number of anilines is 4. The molecule has 0 saturated heterocycles. The molecule has 0 aliphatic rings. The van der Waals surface area contributed by atoms with Crippen molar-refractivity contribution in [2.75, 3.05) is 10.6 Å². The van der Waals surface area contributed by atoms with Crippen LogP contribution in [-0.4, -0.2) is 24.7 Å². The van der Waals surface area contributed by atoms with E-state index in [0.717, 1.165) is 5.56 Å². The number of non-ortho nitro benzene ring substituents is 1. The van der Waals surface area contributed by atoms with Gasteiger partial charge in [0.1, 0.15) is 5.02 Å². The van der Waals surface area contributed by atoms with Crippen LogP contribution in [-0.2, 0) is 7.05 Å². The van der Waals surface area contributed by atoms with E-state index >= 15 is 0 Å². The third-order valence-corrected chi connectivity index (χ3v) is 4.56. The van der Waals surface area contributed by atoms with Crippen LogP contribution in [0.5, 0.6) is 0 Å². The van der Waals surface area contributed by atoms with Crippen molar-refractivity contribution >= 4 is 40.4 Å². The lowest BCUT2D eigenvalue weighted by Crippen LogP contribution is -2.03. The lowest BCUT2D eigenvalue weighted by Gasteiger charge is -2.11. The van der Waals surface area contributed by atoms with E-state index < -0.39 is 4.92 Å². The van der Waals surface area contributed by atoms with Crippen molar-refractivity contribution < 1.29 is 4.92 Å². The van der Waals surface area contributed by atoms with Gasteiger partial charge >= 0.3 is 0 Å². The number of nitro groups is 1. The normalized spacial score (nSPS) is 10.2. The molecule has 4 aromatic rings. The van der Waals surface area contributed by atoms with E-state index in [1.165, 1.54) is 18.3 Å². The van der Waals surface area contributed by atoms with Gasteiger partial charge in [-0.3, -0.25) is 14.8 Å². The maximum absolute atomic E-state index is 11.3. The standard InChI is InChI=1S/C22H16ClN7O2/c1-29-14-17(12-25-29)26-22-24-13-19(23)21(28-22)27-20-11-18(30(31)32)10-9-16(20)8-7-15-5-3-2-4-6-15/h2-6,9-14H,1H3,(H2,24,26,27,28). The molecule has 9 nitrogen and oxygen atoms in total. The summed E-state index contributed by atoms with van der Waals surface area (Å²) < 4.78 is 1.64. The first-order chi connectivity index (χ1) is 15.5. The Hall–Kier alpha value is -4.42. The van der Waals surface area contributed by atoms with Gasteiger partial charge in [-0.25, -0.2) is 4.98 Å². The van der Waals surface area contributed by atoms with Crippen LogP contribution in [0, 0.1) is 22.0 Å². The molecule has 0 fully saturated rings. The molecule has 2 aromatic carbocycles. The summed E-state index contributed by atoms with van der Waals surface area (Å²) in [4.78, 5) is 19.4. The van der Waals surface area contributed by atoms with Crippen molar-refractivity contribution in [3.8, 4) is 11.8 Å². The zero-order valence-electron chi connectivity index (χ0n) is 16.8. The largest absolute Gasteiger partial charge is 0.338 e. The molecule has 2 aromatic heterocycles. The number of nitrogens with one attached hydrogen (secondary N) is 2. The Balaban J connectivity index is 1.68. The van der Waals surface area contributed by atoms with Crippen LogP contribution in [0.15, 0.2) is 67.1 Å². The quantitative estimate of drug-likeness (QED) is 0.261. The highest BCUT2D eigenvalue weighted by molar-refractivity contribution is 6.32. The van der Waals surface area contributed by atoms with Gasteiger partial charge in [-0.1, -0.05) is 41.6 Å². The number of hydrogen-bond acceptors (Lipinski definition) is 7. The van der Waals surface area contributed by atoms with Gasteiger partial charge < -0.3 is 10.6 Å². The van der Waals surface area contributed by atoms with Crippen molar-refractivity contribution in [1.29, 1.82) is 0 Å². The van der Waals surface area contributed by atoms with Gasteiger partial charge in [-0.15, -0.1) is 0 Å². The van der Waals surface area contributed by atoms with Crippen LogP contribution in [0.2, 0.25) is 5.02 Å². The van der Waals surface area contributed by atoms with Crippen LogP contribution in [0.25, 0.3) is 0 Å². The highest BCUT2D eigenvalue weighted by Gasteiger charge is 2.13. The zero-order valence-corrected chi connectivity index (χ0v) is 17.5. The minimum Gasteiger partial charge on any atom is -0.338 e. The Kier molecular flexibility index (Phi) is 5.96. The smallest absolute Gasteiger partial charge is 0.271 e. The van der Waals surface area contributed by atoms with Gasteiger partial charge in [0.2, 0.25) is 5.95 Å². The molecular weight excluding hydrogens is 430 g/mol. The molecule has 0 saturated carbocycles. The first-order valence-electron chi connectivity index (χ1n) is 9.39. The molecule has 0 atom stereocenters. The summed E-state index contributed by atoms with van der Waals surface area (Å²) in [6.07, 6.45) is 4.83. The minimum absolute atomic E-state index is 0.0864. The second-order valence-electron chi connectivity index (χ2n) is 6.65. The second-order valence-corrected chi connectivity index (χ2v) is 7.05. The Morgan fingerprint density at radius 3 is 2.62 bits per heavy atom. The molecule has 4 rings (SSSR count). The maximum atomic E-state index is 11.3. The Morgan fingerprint density at radius 1 is 1.09 bits per heavy atom. The molecule has 0 aliphatic heterocycles. The molecule has 2 N–H and O–H groups in total. The van der Waals surface area contributed by atoms with E-state index in [9.17, 15) is 10.1 Å². The van der Waals surface area contributed by atoms with Crippen LogP contribution in [0.1, 0.15) is 11.1 Å². The molecule has 0 radical (unpaired) electrons. The lowest BCUT2D eigenvalue weighted by atomic mass is 10.1. The second kappa shape index (κ2) is 9.16. The molecule has 2 heterocycles. The number of aryl methyl sites for hydroxylation is 1. The monoisotopic (exact) mass is 445 g/mol. The van der Waals surface area contributed by atoms with E-state index in [0.29, 0.717) is 16.9 Å². The van der Waals surface area contributed by atoms with Crippen LogP contribution >= 0.6 is 11.6 Å². The number of rotatable bonds is 5. The first-order valence-corrected chi connectivity index (χ1v) is 9.76. The molecule has 10 heteroatoms. The first kappa shape index (κ1) is 20.8. The summed E-state index contributed by atoms with van der Waals surface area (Å²) >= 11 is 6.28. The van der Waals surface area contributed by atoms with Gasteiger partial charge in [0.05, 0.1) is 28.7 Å². The number of halogens is 1. The molecule has 0 aliphatic carbocycles. The molecule has 0 amide bonds. The van der Waals surface area contributed by atoms with Gasteiger partial charge in [0.15, 0.2) is 5.82 Å². The number of nitrogens with zero attached hydrogens (tertiary/aromatic N) is 5. The Bertz CT molecular complexity index is 1340. The Morgan fingerprint density at radius 2 is 1.91 bits per heavy atom. The third-order valence-electron chi connectivity index (χ3n) is 4.29. The predicted octanol–water partition coefficient (Wildman–Crippen LogP) is 4.66. The fourth-order valence-corrected chi connectivity index (χ4v) is 2.91. The van der Waals surface area contributed by atoms with Gasteiger partial charge in [-0.2, -0.15) is 10.1 Å². The highest BCUT2D eigenvalue weighted by atomic mass is 35.5. The molecule has 0 spiro atoms. The number of hydrogen-bond donors (Lipinski definition) is 2. The fourth-order valence-electron chi connectivity index (χ4n) is 2.78. The highest BCUT2D eigenvalue weighted by Crippen LogP contribution is 2.29. The number of aromatic nitrogens is 4. The van der Waals surface area contributed by atoms with Crippen molar-refractivity contribution in [1.82, 2.24) is 19.7 Å². The fraction of sp³-hybridized carbons (Fsp3) is 0.0455. The number of nitro benzene ring substituents is 1. The predicted molar refractivity (Wildman–Crippen MR) is 122 cm³/mol.